The molecular formula is C14H12ClNO3. The van der Waals surface area contributed by atoms with Gasteiger partial charge in [0, 0.05) is 17.3 Å². The predicted octanol–water partition coefficient (Wildman–Crippen LogP) is 2.42. The quantitative estimate of drug-likeness (QED) is 0.692. The molecule has 0 atom stereocenters. The van der Waals surface area contributed by atoms with E-state index in [0.29, 0.717) is 16.8 Å². The average molecular weight is 278 g/mol. The molecule has 19 heavy (non-hydrogen) atoms. The van der Waals surface area contributed by atoms with Gasteiger partial charge in [-0.25, -0.2) is 4.79 Å². The second kappa shape index (κ2) is 4.70. The highest BCUT2D eigenvalue weighted by Crippen LogP contribution is 2.20. The lowest BCUT2D eigenvalue weighted by Crippen LogP contribution is -2.29. The number of fused-ring (bicyclic) bond motifs is 1. The van der Waals surface area contributed by atoms with E-state index in [2.05, 4.69) is 5.32 Å². The van der Waals surface area contributed by atoms with Crippen molar-refractivity contribution in [3.05, 3.63) is 45.8 Å². The van der Waals surface area contributed by atoms with Gasteiger partial charge in [-0.3, -0.25) is 4.79 Å². The number of halogens is 1. The van der Waals surface area contributed by atoms with E-state index >= 15 is 0 Å². The minimum absolute atomic E-state index is 0.0473. The number of carbonyl (C=O) groups excluding carboxylic acids is 1. The summed E-state index contributed by atoms with van der Waals surface area (Å²) in [4.78, 5) is 23.7. The monoisotopic (exact) mass is 277 g/mol. The highest BCUT2D eigenvalue weighted by Gasteiger charge is 2.25. The number of hydrogen-bond acceptors (Lipinski definition) is 3. The number of nitrogens with one attached hydrogen (secondary N) is 1. The first-order chi connectivity index (χ1) is 9.17. The molecule has 0 unspecified atom stereocenters. The molecule has 5 heteroatoms. The molecule has 1 aromatic heterocycles. The van der Waals surface area contributed by atoms with E-state index in [1.807, 2.05) is 6.07 Å². The van der Waals surface area contributed by atoms with Crippen LogP contribution in [-0.2, 0) is 5.88 Å². The maximum Gasteiger partial charge on any atom is 0.349 e. The maximum atomic E-state index is 11.9. The summed E-state index contributed by atoms with van der Waals surface area (Å²) in [5.74, 6) is 0.00741. The van der Waals surface area contributed by atoms with Crippen LogP contribution in [0.5, 0.6) is 0 Å². The normalized spacial score (nSPS) is 14.6. The second-order valence-electron chi connectivity index (χ2n) is 4.70. The highest BCUT2D eigenvalue weighted by molar-refractivity contribution is 6.17. The van der Waals surface area contributed by atoms with Crippen molar-refractivity contribution < 1.29 is 9.21 Å². The molecule has 1 heterocycles. The Hall–Kier alpha value is -1.81. The Morgan fingerprint density at radius 2 is 2.16 bits per heavy atom. The Bertz CT molecular complexity index is 703. The van der Waals surface area contributed by atoms with E-state index in [-0.39, 0.29) is 17.5 Å². The zero-order valence-corrected chi connectivity index (χ0v) is 10.9. The minimum Gasteiger partial charge on any atom is -0.422 e. The first kappa shape index (κ1) is 12.2. The van der Waals surface area contributed by atoms with Gasteiger partial charge in [0.2, 0.25) is 0 Å². The molecule has 0 bridgehead atoms. The number of amides is 1. The van der Waals surface area contributed by atoms with Crippen LogP contribution in [0.4, 0.5) is 0 Å². The lowest BCUT2D eigenvalue weighted by molar-refractivity contribution is 0.0947. The molecule has 0 aliphatic heterocycles. The molecule has 0 saturated heterocycles. The van der Waals surface area contributed by atoms with Crippen LogP contribution in [0.2, 0.25) is 0 Å². The molecule has 0 spiro atoms. The third-order valence-corrected chi connectivity index (χ3v) is 3.42. The van der Waals surface area contributed by atoms with Crippen LogP contribution in [0.3, 0.4) is 0 Å². The van der Waals surface area contributed by atoms with E-state index in [0.717, 1.165) is 18.4 Å². The van der Waals surface area contributed by atoms with Gasteiger partial charge in [-0.1, -0.05) is 6.07 Å². The van der Waals surface area contributed by atoms with Gasteiger partial charge in [-0.05, 0) is 36.6 Å². The van der Waals surface area contributed by atoms with E-state index in [1.54, 1.807) is 18.2 Å². The van der Waals surface area contributed by atoms with Gasteiger partial charge in [-0.15, -0.1) is 11.6 Å². The van der Waals surface area contributed by atoms with Crippen molar-refractivity contribution in [1.29, 1.82) is 0 Å². The minimum atomic E-state index is -0.607. The molecule has 0 radical (unpaired) electrons. The van der Waals surface area contributed by atoms with Gasteiger partial charge >= 0.3 is 5.63 Å². The van der Waals surface area contributed by atoms with Gasteiger partial charge in [0.15, 0.2) is 0 Å². The van der Waals surface area contributed by atoms with Crippen LogP contribution < -0.4 is 10.9 Å². The van der Waals surface area contributed by atoms with Crippen molar-refractivity contribution in [3.8, 4) is 0 Å². The van der Waals surface area contributed by atoms with Crippen LogP contribution in [-0.4, -0.2) is 11.9 Å². The molecule has 1 aliphatic rings. The Labute approximate surface area is 114 Å². The Morgan fingerprint density at radius 1 is 1.37 bits per heavy atom. The van der Waals surface area contributed by atoms with Crippen LogP contribution in [0.15, 0.2) is 33.5 Å². The Kier molecular flexibility index (Phi) is 3.03. The highest BCUT2D eigenvalue weighted by atomic mass is 35.5. The fourth-order valence-electron chi connectivity index (χ4n) is 1.91. The first-order valence-electron chi connectivity index (χ1n) is 6.11. The third-order valence-electron chi connectivity index (χ3n) is 3.11. The first-order valence-corrected chi connectivity index (χ1v) is 6.64. The van der Waals surface area contributed by atoms with E-state index in [4.69, 9.17) is 16.0 Å². The van der Waals surface area contributed by atoms with Crippen molar-refractivity contribution in [2.75, 3.05) is 0 Å². The van der Waals surface area contributed by atoms with Crippen LogP contribution in [0.25, 0.3) is 11.0 Å². The van der Waals surface area contributed by atoms with Crippen molar-refractivity contribution in [2.45, 2.75) is 24.8 Å². The summed E-state index contributed by atoms with van der Waals surface area (Å²) in [6.07, 6.45) is 1.95. The number of carbonyl (C=O) groups is 1. The van der Waals surface area contributed by atoms with Crippen molar-refractivity contribution in [3.63, 3.8) is 0 Å². The number of rotatable bonds is 3. The van der Waals surface area contributed by atoms with Crippen LogP contribution in [0.1, 0.15) is 28.8 Å². The molecule has 2 aromatic rings. The van der Waals surface area contributed by atoms with Gasteiger partial charge in [0.05, 0.1) is 0 Å². The molecular weight excluding hydrogens is 266 g/mol. The Balaban J connectivity index is 2.05. The summed E-state index contributed by atoms with van der Waals surface area (Å²) in [5, 5.41) is 3.49. The van der Waals surface area contributed by atoms with Crippen molar-refractivity contribution in [2.24, 2.45) is 0 Å². The smallest absolute Gasteiger partial charge is 0.349 e. The average Bonchev–Trinajstić information content (AvgIpc) is 3.21. The number of alkyl halides is 1. The summed E-state index contributed by atoms with van der Waals surface area (Å²) >= 11 is 5.77. The largest absolute Gasteiger partial charge is 0.422 e. The molecule has 1 aliphatic carbocycles. The van der Waals surface area contributed by atoms with Gasteiger partial charge in [-0.2, -0.15) is 0 Å². The lowest BCUT2D eigenvalue weighted by Gasteiger charge is -2.04. The Morgan fingerprint density at radius 3 is 2.84 bits per heavy atom. The topological polar surface area (TPSA) is 59.3 Å². The van der Waals surface area contributed by atoms with Crippen LogP contribution >= 0.6 is 11.6 Å². The standard InChI is InChI=1S/C14H12ClNO3/c15-7-8-1-4-12-9(5-8)6-11(14(18)19-12)13(17)16-10-2-3-10/h1,4-6,10H,2-3,7H2,(H,16,17). The molecule has 1 fully saturated rings. The maximum absolute atomic E-state index is 11.9. The molecule has 1 amide bonds. The second-order valence-corrected chi connectivity index (χ2v) is 4.97. The SMILES string of the molecule is O=C(NC1CC1)c1cc2cc(CCl)ccc2oc1=O. The summed E-state index contributed by atoms with van der Waals surface area (Å²) in [6, 6.07) is 7.07. The summed E-state index contributed by atoms with van der Waals surface area (Å²) < 4.78 is 5.16. The summed E-state index contributed by atoms with van der Waals surface area (Å²) in [7, 11) is 0. The van der Waals surface area contributed by atoms with Crippen LogP contribution in [0, 0.1) is 0 Å². The van der Waals surface area contributed by atoms with E-state index < -0.39 is 5.63 Å². The number of benzene rings is 1. The fraction of sp³-hybridized carbons (Fsp3) is 0.286. The van der Waals surface area contributed by atoms with E-state index in [9.17, 15) is 9.59 Å². The van der Waals surface area contributed by atoms with Gasteiger partial charge in [0.1, 0.15) is 11.1 Å². The molecule has 1 N–H and O–H groups in total. The molecule has 1 saturated carbocycles. The lowest BCUT2D eigenvalue weighted by atomic mass is 10.1. The molecule has 1 aromatic carbocycles. The van der Waals surface area contributed by atoms with Crippen molar-refractivity contribution in [1.82, 2.24) is 5.32 Å². The molecule has 4 nitrogen and oxygen atoms in total. The van der Waals surface area contributed by atoms with E-state index in [1.165, 1.54) is 0 Å². The van der Waals surface area contributed by atoms with Gasteiger partial charge < -0.3 is 9.73 Å². The van der Waals surface area contributed by atoms with Crippen molar-refractivity contribution >= 4 is 28.5 Å². The molecule has 3 rings (SSSR count). The number of hydrogen-bond donors (Lipinski definition) is 1. The fourth-order valence-corrected chi connectivity index (χ4v) is 2.07. The third kappa shape index (κ3) is 2.49. The predicted molar refractivity (Wildman–Crippen MR) is 72.5 cm³/mol. The summed E-state index contributed by atoms with van der Waals surface area (Å²) in [5.41, 5.74) is 0.814. The zero-order chi connectivity index (χ0) is 13.4. The zero-order valence-electron chi connectivity index (χ0n) is 10.1. The van der Waals surface area contributed by atoms with Gasteiger partial charge in [0.25, 0.3) is 5.91 Å². The molecule has 98 valence electrons. The summed E-state index contributed by atoms with van der Waals surface area (Å²) in [6.45, 7) is 0.